The molecule has 0 bridgehead atoms. The third-order valence-corrected chi connectivity index (χ3v) is 2.36. The fraction of sp³-hybridized carbons (Fsp3) is 0.889. The standard InChI is InChI=1S/C9H16Cl2O2/c1-7(2)4-3-5-13-9(12)8(11)6-10/h7-8H,3-6H2,1-2H3. The van der Waals surface area contributed by atoms with Crippen molar-refractivity contribution in [2.75, 3.05) is 12.5 Å². The second kappa shape index (κ2) is 7.45. The second-order valence-corrected chi connectivity index (χ2v) is 4.16. The Hall–Kier alpha value is 0.0500. The maximum absolute atomic E-state index is 11.0. The van der Waals surface area contributed by atoms with Crippen LogP contribution in [0.1, 0.15) is 26.7 Å². The summed E-state index contributed by atoms with van der Waals surface area (Å²) in [6, 6.07) is 0. The van der Waals surface area contributed by atoms with Crippen molar-refractivity contribution in [2.24, 2.45) is 5.92 Å². The molecule has 0 fully saturated rings. The van der Waals surface area contributed by atoms with Gasteiger partial charge in [0.25, 0.3) is 0 Å². The Labute approximate surface area is 89.5 Å². The highest BCUT2D eigenvalue weighted by Crippen LogP contribution is 2.05. The molecule has 2 nitrogen and oxygen atoms in total. The van der Waals surface area contributed by atoms with Crippen molar-refractivity contribution in [1.82, 2.24) is 0 Å². The lowest BCUT2D eigenvalue weighted by atomic mass is 10.1. The number of halogens is 2. The molecule has 13 heavy (non-hydrogen) atoms. The first-order valence-electron chi connectivity index (χ1n) is 4.44. The summed E-state index contributed by atoms with van der Waals surface area (Å²) in [6.45, 7) is 4.70. The second-order valence-electron chi connectivity index (χ2n) is 3.33. The van der Waals surface area contributed by atoms with Gasteiger partial charge in [-0.3, -0.25) is 4.79 Å². The Bertz CT molecular complexity index is 149. The number of carbonyl (C=O) groups excluding carboxylic acids is 1. The van der Waals surface area contributed by atoms with Gasteiger partial charge in [-0.15, -0.1) is 23.2 Å². The molecule has 0 amide bonds. The minimum Gasteiger partial charge on any atom is -0.465 e. The molecule has 0 aromatic rings. The summed E-state index contributed by atoms with van der Waals surface area (Å²) in [5.74, 6) is 0.323. The van der Waals surface area contributed by atoms with Gasteiger partial charge in [-0.25, -0.2) is 0 Å². The fourth-order valence-electron chi connectivity index (χ4n) is 0.818. The maximum Gasteiger partial charge on any atom is 0.325 e. The van der Waals surface area contributed by atoms with Crippen molar-refractivity contribution in [3.63, 3.8) is 0 Å². The molecule has 1 atom stereocenters. The molecule has 0 N–H and O–H groups in total. The van der Waals surface area contributed by atoms with Gasteiger partial charge in [0.2, 0.25) is 0 Å². The van der Waals surface area contributed by atoms with E-state index in [0.29, 0.717) is 12.5 Å². The molecule has 1 unspecified atom stereocenters. The average molecular weight is 227 g/mol. The zero-order valence-corrected chi connectivity index (χ0v) is 9.57. The maximum atomic E-state index is 11.0. The Morgan fingerprint density at radius 3 is 2.54 bits per heavy atom. The van der Waals surface area contributed by atoms with E-state index in [4.69, 9.17) is 27.9 Å². The SMILES string of the molecule is CC(C)CCCOC(=O)C(Cl)CCl. The lowest BCUT2D eigenvalue weighted by Gasteiger charge is -2.08. The van der Waals surface area contributed by atoms with Crippen LogP contribution in [0.4, 0.5) is 0 Å². The first-order chi connectivity index (χ1) is 6.07. The third-order valence-electron chi connectivity index (χ3n) is 1.56. The van der Waals surface area contributed by atoms with Gasteiger partial charge in [0.15, 0.2) is 0 Å². The van der Waals surface area contributed by atoms with E-state index in [9.17, 15) is 4.79 Å². The van der Waals surface area contributed by atoms with Crippen LogP contribution in [0.5, 0.6) is 0 Å². The summed E-state index contributed by atoms with van der Waals surface area (Å²) in [6.07, 6.45) is 1.94. The van der Waals surface area contributed by atoms with E-state index in [0.717, 1.165) is 12.8 Å². The highest BCUT2D eigenvalue weighted by Gasteiger charge is 2.14. The zero-order valence-electron chi connectivity index (χ0n) is 8.06. The highest BCUT2D eigenvalue weighted by atomic mass is 35.5. The summed E-state index contributed by atoms with van der Waals surface area (Å²) < 4.78 is 4.89. The molecule has 4 heteroatoms. The molecule has 0 aliphatic heterocycles. The van der Waals surface area contributed by atoms with Crippen molar-refractivity contribution in [3.8, 4) is 0 Å². The highest BCUT2D eigenvalue weighted by molar-refractivity contribution is 6.35. The van der Waals surface area contributed by atoms with Crippen molar-refractivity contribution in [3.05, 3.63) is 0 Å². The number of hydrogen-bond acceptors (Lipinski definition) is 2. The van der Waals surface area contributed by atoms with Gasteiger partial charge in [0.1, 0.15) is 5.38 Å². The van der Waals surface area contributed by atoms with E-state index in [2.05, 4.69) is 13.8 Å². The summed E-state index contributed by atoms with van der Waals surface area (Å²) in [4.78, 5) is 11.0. The summed E-state index contributed by atoms with van der Waals surface area (Å²) in [5, 5.41) is -0.708. The van der Waals surface area contributed by atoms with Crippen LogP contribution < -0.4 is 0 Å². The first kappa shape index (κ1) is 13.1. The van der Waals surface area contributed by atoms with E-state index < -0.39 is 11.3 Å². The lowest BCUT2D eigenvalue weighted by molar-refractivity contribution is -0.142. The monoisotopic (exact) mass is 226 g/mol. The van der Waals surface area contributed by atoms with Crippen LogP contribution in [0, 0.1) is 5.92 Å². The van der Waals surface area contributed by atoms with Gasteiger partial charge in [0, 0.05) is 5.88 Å². The average Bonchev–Trinajstić information content (AvgIpc) is 2.10. The predicted molar refractivity (Wildman–Crippen MR) is 55.4 cm³/mol. The van der Waals surface area contributed by atoms with Crippen molar-refractivity contribution >= 4 is 29.2 Å². The largest absolute Gasteiger partial charge is 0.465 e. The number of carbonyl (C=O) groups is 1. The van der Waals surface area contributed by atoms with Crippen LogP contribution in [-0.4, -0.2) is 23.8 Å². The Kier molecular flexibility index (Phi) is 7.48. The van der Waals surface area contributed by atoms with Gasteiger partial charge < -0.3 is 4.74 Å². The Morgan fingerprint density at radius 2 is 2.08 bits per heavy atom. The molecule has 0 saturated carbocycles. The van der Waals surface area contributed by atoms with Gasteiger partial charge >= 0.3 is 5.97 Å². The molecule has 0 radical (unpaired) electrons. The zero-order chi connectivity index (χ0) is 10.3. The van der Waals surface area contributed by atoms with Gasteiger partial charge in [0.05, 0.1) is 6.61 Å². The molecular weight excluding hydrogens is 211 g/mol. The van der Waals surface area contributed by atoms with Gasteiger partial charge in [-0.1, -0.05) is 13.8 Å². The molecule has 78 valence electrons. The van der Waals surface area contributed by atoms with Crippen LogP contribution in [0.15, 0.2) is 0 Å². The fourth-order valence-corrected chi connectivity index (χ4v) is 1.01. The lowest BCUT2D eigenvalue weighted by Crippen LogP contribution is -2.19. The van der Waals surface area contributed by atoms with Crippen molar-refractivity contribution in [1.29, 1.82) is 0 Å². The summed E-state index contributed by atoms with van der Waals surface area (Å²) in [7, 11) is 0. The van der Waals surface area contributed by atoms with E-state index in [1.165, 1.54) is 0 Å². The molecule has 0 spiro atoms. The normalized spacial score (nSPS) is 13.0. The molecule has 0 saturated heterocycles. The van der Waals surface area contributed by atoms with E-state index in [-0.39, 0.29) is 5.88 Å². The molecule has 0 aliphatic carbocycles. The number of rotatable bonds is 6. The van der Waals surface area contributed by atoms with Crippen molar-refractivity contribution < 1.29 is 9.53 Å². The summed E-state index contributed by atoms with van der Waals surface area (Å²) >= 11 is 10.9. The smallest absolute Gasteiger partial charge is 0.325 e. The Balaban J connectivity index is 3.37. The number of alkyl halides is 2. The minimum absolute atomic E-state index is 0.102. The number of ether oxygens (including phenoxy) is 1. The predicted octanol–water partition coefficient (Wildman–Crippen LogP) is 2.81. The van der Waals surface area contributed by atoms with Crippen molar-refractivity contribution in [2.45, 2.75) is 32.1 Å². The molecule has 0 aliphatic rings. The third kappa shape index (κ3) is 7.15. The van der Waals surface area contributed by atoms with Crippen LogP contribution in [0.2, 0.25) is 0 Å². The van der Waals surface area contributed by atoms with Crippen LogP contribution in [-0.2, 0) is 9.53 Å². The minimum atomic E-state index is -0.708. The Morgan fingerprint density at radius 1 is 1.46 bits per heavy atom. The van der Waals surface area contributed by atoms with Crippen LogP contribution in [0.3, 0.4) is 0 Å². The van der Waals surface area contributed by atoms with Gasteiger partial charge in [-0.05, 0) is 18.8 Å². The van der Waals surface area contributed by atoms with E-state index in [1.54, 1.807) is 0 Å². The number of hydrogen-bond donors (Lipinski definition) is 0. The first-order valence-corrected chi connectivity index (χ1v) is 5.41. The van der Waals surface area contributed by atoms with E-state index in [1.807, 2.05) is 0 Å². The topological polar surface area (TPSA) is 26.3 Å². The van der Waals surface area contributed by atoms with Crippen LogP contribution >= 0.6 is 23.2 Å². The quantitative estimate of drug-likeness (QED) is 0.396. The van der Waals surface area contributed by atoms with Gasteiger partial charge in [-0.2, -0.15) is 0 Å². The summed E-state index contributed by atoms with van der Waals surface area (Å²) in [5.41, 5.74) is 0. The van der Waals surface area contributed by atoms with Crippen LogP contribution in [0.25, 0.3) is 0 Å². The molecule has 0 aromatic carbocycles. The molecule has 0 aromatic heterocycles. The van der Waals surface area contributed by atoms with E-state index >= 15 is 0 Å². The molecular formula is C9H16Cl2O2. The molecule has 0 rings (SSSR count). The number of esters is 1. The molecule has 0 heterocycles.